The molecule has 4 heteroatoms. The summed E-state index contributed by atoms with van der Waals surface area (Å²) >= 11 is 0. The van der Waals surface area contributed by atoms with Gasteiger partial charge in [0.15, 0.2) is 5.82 Å². The van der Waals surface area contributed by atoms with Gasteiger partial charge in [-0.05, 0) is 42.9 Å². The Labute approximate surface area is 132 Å². The molecule has 0 saturated heterocycles. The second-order valence-electron chi connectivity index (χ2n) is 6.65. The molecule has 2 aromatic rings. The molecule has 118 valence electrons. The molecule has 1 saturated carbocycles. The van der Waals surface area contributed by atoms with Gasteiger partial charge in [-0.2, -0.15) is 4.98 Å². The molecule has 2 N–H and O–H groups in total. The van der Waals surface area contributed by atoms with E-state index in [2.05, 4.69) is 41.3 Å². The molecule has 0 radical (unpaired) electrons. The first-order valence-corrected chi connectivity index (χ1v) is 8.27. The Balaban J connectivity index is 1.69. The van der Waals surface area contributed by atoms with Gasteiger partial charge in [-0.25, -0.2) is 0 Å². The third-order valence-corrected chi connectivity index (χ3v) is 4.99. The van der Waals surface area contributed by atoms with Gasteiger partial charge in [-0.15, -0.1) is 0 Å². The van der Waals surface area contributed by atoms with Crippen LogP contribution in [-0.4, -0.2) is 16.7 Å². The second kappa shape index (κ2) is 6.61. The van der Waals surface area contributed by atoms with Crippen LogP contribution in [0.3, 0.4) is 0 Å². The highest BCUT2D eigenvalue weighted by Gasteiger charge is 2.32. The fourth-order valence-electron chi connectivity index (χ4n) is 3.49. The largest absolute Gasteiger partial charge is 0.339 e. The van der Waals surface area contributed by atoms with Crippen LogP contribution in [0.1, 0.15) is 54.9 Å². The minimum atomic E-state index is 0.171. The molecular weight excluding hydrogens is 274 g/mol. The molecule has 1 aliphatic carbocycles. The maximum atomic E-state index is 6.05. The van der Waals surface area contributed by atoms with Crippen molar-refractivity contribution >= 4 is 0 Å². The maximum absolute atomic E-state index is 6.05. The highest BCUT2D eigenvalue weighted by molar-refractivity contribution is 5.27. The van der Waals surface area contributed by atoms with E-state index in [4.69, 9.17) is 10.3 Å². The highest BCUT2D eigenvalue weighted by atomic mass is 16.5. The quantitative estimate of drug-likeness (QED) is 0.918. The number of nitrogens with two attached hydrogens (primary N) is 1. The third-order valence-electron chi connectivity index (χ3n) is 4.99. The Morgan fingerprint density at radius 1 is 1.18 bits per heavy atom. The molecule has 3 rings (SSSR count). The first-order valence-electron chi connectivity index (χ1n) is 8.27. The van der Waals surface area contributed by atoms with Crippen molar-refractivity contribution in [2.75, 3.05) is 6.54 Å². The second-order valence-corrected chi connectivity index (χ2v) is 6.65. The fraction of sp³-hybridized carbons (Fsp3) is 0.556. The summed E-state index contributed by atoms with van der Waals surface area (Å²) in [5.74, 6) is 1.52. The van der Waals surface area contributed by atoms with Crippen LogP contribution in [0.25, 0.3) is 0 Å². The van der Waals surface area contributed by atoms with Gasteiger partial charge >= 0.3 is 0 Å². The van der Waals surface area contributed by atoms with Gasteiger partial charge in [0.05, 0.1) is 0 Å². The summed E-state index contributed by atoms with van der Waals surface area (Å²) in [5, 5.41) is 4.16. The number of hydrogen-bond donors (Lipinski definition) is 1. The lowest BCUT2D eigenvalue weighted by Crippen LogP contribution is -2.35. The van der Waals surface area contributed by atoms with Crippen LogP contribution in [-0.2, 0) is 12.8 Å². The monoisotopic (exact) mass is 299 g/mol. The molecule has 1 aromatic carbocycles. The Morgan fingerprint density at radius 2 is 1.95 bits per heavy atom. The van der Waals surface area contributed by atoms with Crippen LogP contribution in [0, 0.1) is 12.3 Å². The lowest BCUT2D eigenvalue weighted by molar-refractivity contribution is 0.177. The summed E-state index contributed by atoms with van der Waals surface area (Å²) in [5.41, 5.74) is 8.73. The highest BCUT2D eigenvalue weighted by Crippen LogP contribution is 2.38. The minimum Gasteiger partial charge on any atom is -0.339 e. The smallest absolute Gasteiger partial charge is 0.227 e. The number of rotatable bonds is 5. The molecular formula is C18H25N3O. The Hall–Kier alpha value is -1.68. The average Bonchev–Trinajstić information content (AvgIpc) is 2.97. The van der Waals surface area contributed by atoms with Crippen LogP contribution in [0.5, 0.6) is 0 Å². The van der Waals surface area contributed by atoms with E-state index >= 15 is 0 Å². The predicted molar refractivity (Wildman–Crippen MR) is 86.6 cm³/mol. The maximum Gasteiger partial charge on any atom is 0.227 e. The minimum absolute atomic E-state index is 0.171. The van der Waals surface area contributed by atoms with Gasteiger partial charge in [-0.3, -0.25) is 0 Å². The van der Waals surface area contributed by atoms with Gasteiger partial charge in [0, 0.05) is 12.8 Å². The van der Waals surface area contributed by atoms with Crippen LogP contribution in [0.2, 0.25) is 0 Å². The molecule has 1 heterocycles. The number of hydrogen-bond acceptors (Lipinski definition) is 4. The van der Waals surface area contributed by atoms with Crippen LogP contribution in [0.15, 0.2) is 28.8 Å². The van der Waals surface area contributed by atoms with Gasteiger partial charge in [0.25, 0.3) is 0 Å². The van der Waals surface area contributed by atoms with Crippen molar-refractivity contribution < 1.29 is 4.52 Å². The summed E-state index contributed by atoms with van der Waals surface area (Å²) in [6.07, 6.45) is 7.76. The fourth-order valence-corrected chi connectivity index (χ4v) is 3.49. The molecule has 22 heavy (non-hydrogen) atoms. The van der Waals surface area contributed by atoms with Crippen molar-refractivity contribution in [2.24, 2.45) is 11.1 Å². The van der Waals surface area contributed by atoms with Crippen molar-refractivity contribution in [3.05, 3.63) is 47.1 Å². The van der Waals surface area contributed by atoms with E-state index in [1.54, 1.807) is 0 Å². The first-order chi connectivity index (χ1) is 10.7. The summed E-state index contributed by atoms with van der Waals surface area (Å²) in [7, 11) is 0. The van der Waals surface area contributed by atoms with E-state index in [1.165, 1.54) is 43.2 Å². The summed E-state index contributed by atoms with van der Waals surface area (Å²) in [6, 6.07) is 8.33. The number of aromatic nitrogens is 2. The van der Waals surface area contributed by atoms with Crippen molar-refractivity contribution in [2.45, 2.75) is 51.9 Å². The Kier molecular flexibility index (Phi) is 4.57. The third kappa shape index (κ3) is 3.38. The molecule has 0 atom stereocenters. The van der Waals surface area contributed by atoms with Crippen molar-refractivity contribution in [1.82, 2.24) is 10.1 Å². The van der Waals surface area contributed by atoms with Crippen molar-refractivity contribution in [3.63, 3.8) is 0 Å². The summed E-state index contributed by atoms with van der Waals surface area (Å²) in [6.45, 7) is 2.82. The summed E-state index contributed by atoms with van der Waals surface area (Å²) < 4.78 is 5.49. The van der Waals surface area contributed by atoms with Crippen molar-refractivity contribution in [3.8, 4) is 0 Å². The molecule has 1 fully saturated rings. The van der Waals surface area contributed by atoms with E-state index in [0.717, 1.165) is 24.6 Å². The number of benzene rings is 1. The number of nitrogens with zero attached hydrogens (tertiary/aromatic N) is 2. The van der Waals surface area contributed by atoms with E-state index < -0.39 is 0 Å². The molecule has 0 bridgehead atoms. The normalized spacial score (nSPS) is 17.5. The molecule has 1 aromatic heterocycles. The Morgan fingerprint density at radius 3 is 2.68 bits per heavy atom. The zero-order valence-corrected chi connectivity index (χ0v) is 13.3. The zero-order valence-electron chi connectivity index (χ0n) is 13.3. The van der Waals surface area contributed by atoms with Gasteiger partial charge in [0.2, 0.25) is 5.89 Å². The van der Waals surface area contributed by atoms with E-state index in [0.29, 0.717) is 6.54 Å². The standard InChI is InChI=1S/C18H25N3O/c1-14-7-3-4-8-15(14)11-16-20-17(22-21-16)12-18(13-19)9-5-2-6-10-18/h3-4,7-8H,2,5-6,9-13,19H2,1H3. The SMILES string of the molecule is Cc1ccccc1Cc1noc(CC2(CN)CCCCC2)n1. The summed E-state index contributed by atoms with van der Waals surface area (Å²) in [4.78, 5) is 4.60. The van der Waals surface area contributed by atoms with Gasteiger partial charge in [0.1, 0.15) is 0 Å². The van der Waals surface area contributed by atoms with Crippen LogP contribution >= 0.6 is 0 Å². The first kappa shape index (κ1) is 15.2. The predicted octanol–water partition coefficient (Wildman–Crippen LogP) is 3.42. The molecule has 0 spiro atoms. The van der Waals surface area contributed by atoms with Gasteiger partial charge < -0.3 is 10.3 Å². The topological polar surface area (TPSA) is 64.9 Å². The van der Waals surface area contributed by atoms with E-state index in [-0.39, 0.29) is 5.41 Å². The van der Waals surface area contributed by atoms with Crippen LogP contribution in [0.4, 0.5) is 0 Å². The molecule has 1 aliphatic rings. The lowest BCUT2D eigenvalue weighted by atomic mass is 9.72. The van der Waals surface area contributed by atoms with Crippen molar-refractivity contribution in [1.29, 1.82) is 0 Å². The molecule has 0 unspecified atom stereocenters. The van der Waals surface area contributed by atoms with E-state index in [9.17, 15) is 0 Å². The van der Waals surface area contributed by atoms with Gasteiger partial charge in [-0.1, -0.05) is 48.7 Å². The van der Waals surface area contributed by atoms with E-state index in [1.807, 2.05) is 0 Å². The van der Waals surface area contributed by atoms with Crippen LogP contribution < -0.4 is 5.73 Å². The zero-order chi connectivity index (χ0) is 15.4. The molecule has 4 nitrogen and oxygen atoms in total. The average molecular weight is 299 g/mol. The molecule has 0 aliphatic heterocycles. The number of aryl methyl sites for hydroxylation is 1. The molecule has 0 amide bonds. The lowest BCUT2D eigenvalue weighted by Gasteiger charge is -2.34. The Bertz CT molecular complexity index is 614.